The Balaban J connectivity index is 2.39. The van der Waals surface area contributed by atoms with Gasteiger partial charge in [-0.25, -0.2) is 0 Å². The zero-order chi connectivity index (χ0) is 11.5. The number of rotatable bonds is 3. The molecule has 0 aromatic carbocycles. The highest BCUT2D eigenvalue weighted by molar-refractivity contribution is 5.66. The second-order valence-electron chi connectivity index (χ2n) is 4.20. The van der Waals surface area contributed by atoms with Crippen LogP contribution in [0.1, 0.15) is 38.5 Å². The minimum absolute atomic E-state index is 0.0186. The number of carbonyl (C=O) groups is 1. The maximum Gasteiger partial charge on any atom is 0.391 e. The fraction of sp³-hybridized carbons (Fsp3) is 0.900. The number of carboxylic acid groups (broad SMARTS) is 1. The molecule has 5 heteroatoms. The van der Waals surface area contributed by atoms with E-state index < -0.39 is 18.1 Å². The van der Waals surface area contributed by atoms with E-state index in [0.29, 0.717) is 12.8 Å². The predicted octanol–water partition coefficient (Wildman–Crippen LogP) is 3.22. The average Bonchev–Trinajstić information content (AvgIpc) is 2.14. The number of hydrogen-bond donors (Lipinski definition) is 1. The molecule has 0 aromatic heterocycles. The molecule has 0 saturated heterocycles. The van der Waals surface area contributed by atoms with E-state index in [2.05, 4.69) is 0 Å². The van der Waals surface area contributed by atoms with Gasteiger partial charge in [-0.05, 0) is 25.2 Å². The molecule has 1 saturated carbocycles. The summed E-state index contributed by atoms with van der Waals surface area (Å²) in [4.78, 5) is 10.3. The van der Waals surface area contributed by atoms with Crippen molar-refractivity contribution in [2.24, 2.45) is 11.8 Å². The van der Waals surface area contributed by atoms with Gasteiger partial charge in [0.2, 0.25) is 0 Å². The third-order valence-corrected chi connectivity index (χ3v) is 3.01. The van der Waals surface area contributed by atoms with Gasteiger partial charge in [0.25, 0.3) is 0 Å². The van der Waals surface area contributed by atoms with E-state index >= 15 is 0 Å². The summed E-state index contributed by atoms with van der Waals surface area (Å²) in [7, 11) is 0. The molecule has 0 radical (unpaired) electrons. The van der Waals surface area contributed by atoms with Gasteiger partial charge >= 0.3 is 12.1 Å². The van der Waals surface area contributed by atoms with Crippen molar-refractivity contribution in [3.8, 4) is 0 Å². The van der Waals surface area contributed by atoms with Crippen LogP contribution in [0.25, 0.3) is 0 Å². The summed E-state index contributed by atoms with van der Waals surface area (Å²) in [5, 5.41) is 8.45. The predicted molar refractivity (Wildman–Crippen MR) is 48.4 cm³/mol. The molecule has 88 valence electrons. The summed E-state index contributed by atoms with van der Waals surface area (Å²) in [5.41, 5.74) is 0. The smallest absolute Gasteiger partial charge is 0.391 e. The third kappa shape index (κ3) is 4.10. The normalized spacial score (nSPS) is 27.7. The summed E-state index contributed by atoms with van der Waals surface area (Å²) < 4.78 is 37.2. The molecule has 0 bridgehead atoms. The van der Waals surface area contributed by atoms with Gasteiger partial charge in [-0.2, -0.15) is 13.2 Å². The van der Waals surface area contributed by atoms with Crippen LogP contribution in [0.15, 0.2) is 0 Å². The van der Waals surface area contributed by atoms with Crippen LogP contribution in [-0.4, -0.2) is 17.3 Å². The number of alkyl halides is 3. The van der Waals surface area contributed by atoms with Crippen molar-refractivity contribution in [3.05, 3.63) is 0 Å². The molecule has 2 unspecified atom stereocenters. The Hall–Kier alpha value is -0.740. The zero-order valence-electron chi connectivity index (χ0n) is 8.39. The standard InChI is InChI=1S/C10H15F3O2/c11-10(12,13)8-3-1-2-7(6-8)4-5-9(14)15/h7-8H,1-6H2,(H,14,15). The highest BCUT2D eigenvalue weighted by atomic mass is 19.4. The highest BCUT2D eigenvalue weighted by Crippen LogP contribution is 2.41. The van der Waals surface area contributed by atoms with Crippen LogP contribution in [0.5, 0.6) is 0 Å². The van der Waals surface area contributed by atoms with Crippen LogP contribution in [0, 0.1) is 11.8 Å². The minimum atomic E-state index is -4.11. The van der Waals surface area contributed by atoms with Crippen LogP contribution in [0.3, 0.4) is 0 Å². The number of aliphatic carboxylic acids is 1. The molecule has 2 nitrogen and oxygen atoms in total. The topological polar surface area (TPSA) is 37.3 Å². The van der Waals surface area contributed by atoms with Crippen molar-refractivity contribution in [1.82, 2.24) is 0 Å². The van der Waals surface area contributed by atoms with Crippen molar-refractivity contribution in [2.45, 2.75) is 44.7 Å². The molecule has 0 heterocycles. The Morgan fingerprint density at radius 1 is 1.33 bits per heavy atom. The molecule has 15 heavy (non-hydrogen) atoms. The van der Waals surface area contributed by atoms with Crippen LogP contribution in [-0.2, 0) is 4.79 Å². The maximum atomic E-state index is 12.4. The average molecular weight is 224 g/mol. The van der Waals surface area contributed by atoms with E-state index in [-0.39, 0.29) is 25.2 Å². The summed E-state index contributed by atoms with van der Waals surface area (Å²) in [6.45, 7) is 0. The van der Waals surface area contributed by atoms with E-state index in [1.165, 1.54) is 0 Å². The first-order chi connectivity index (χ1) is 6.89. The first kappa shape index (κ1) is 12.3. The van der Waals surface area contributed by atoms with Crippen LogP contribution in [0.4, 0.5) is 13.2 Å². The minimum Gasteiger partial charge on any atom is -0.481 e. The molecule has 0 amide bonds. The van der Waals surface area contributed by atoms with Crippen LogP contribution >= 0.6 is 0 Å². The summed E-state index contributed by atoms with van der Waals surface area (Å²) in [6.07, 6.45) is -2.14. The Morgan fingerprint density at radius 3 is 2.53 bits per heavy atom. The van der Waals surface area contributed by atoms with Crippen molar-refractivity contribution >= 4 is 5.97 Å². The molecule has 2 atom stereocenters. The molecular formula is C10H15F3O2. The second kappa shape index (κ2) is 4.86. The van der Waals surface area contributed by atoms with E-state index in [9.17, 15) is 18.0 Å². The molecular weight excluding hydrogens is 209 g/mol. The van der Waals surface area contributed by atoms with Crippen molar-refractivity contribution in [1.29, 1.82) is 0 Å². The van der Waals surface area contributed by atoms with E-state index in [1.807, 2.05) is 0 Å². The first-order valence-electron chi connectivity index (χ1n) is 5.18. The molecule has 1 N–H and O–H groups in total. The van der Waals surface area contributed by atoms with Gasteiger partial charge in [0.15, 0.2) is 0 Å². The quantitative estimate of drug-likeness (QED) is 0.799. The molecule has 0 aliphatic heterocycles. The monoisotopic (exact) mass is 224 g/mol. The third-order valence-electron chi connectivity index (χ3n) is 3.01. The lowest BCUT2D eigenvalue weighted by Crippen LogP contribution is -2.28. The summed E-state index contributed by atoms with van der Waals surface area (Å²) in [6, 6.07) is 0. The molecule has 1 rings (SSSR count). The van der Waals surface area contributed by atoms with Crippen LogP contribution in [0.2, 0.25) is 0 Å². The van der Waals surface area contributed by atoms with Crippen molar-refractivity contribution in [2.75, 3.05) is 0 Å². The Morgan fingerprint density at radius 2 is 2.00 bits per heavy atom. The largest absolute Gasteiger partial charge is 0.481 e. The number of carboxylic acids is 1. The maximum absolute atomic E-state index is 12.4. The van der Waals surface area contributed by atoms with Crippen molar-refractivity contribution < 1.29 is 23.1 Å². The van der Waals surface area contributed by atoms with E-state index in [0.717, 1.165) is 6.42 Å². The lowest BCUT2D eigenvalue weighted by Gasteiger charge is -2.30. The van der Waals surface area contributed by atoms with Gasteiger partial charge in [-0.15, -0.1) is 0 Å². The molecule has 1 aliphatic carbocycles. The highest BCUT2D eigenvalue weighted by Gasteiger charge is 2.41. The Bertz CT molecular complexity index is 225. The molecule has 0 aromatic rings. The van der Waals surface area contributed by atoms with Gasteiger partial charge in [0.1, 0.15) is 0 Å². The van der Waals surface area contributed by atoms with E-state index in [4.69, 9.17) is 5.11 Å². The fourth-order valence-electron chi connectivity index (χ4n) is 2.18. The van der Waals surface area contributed by atoms with Crippen LogP contribution < -0.4 is 0 Å². The fourth-order valence-corrected chi connectivity index (χ4v) is 2.18. The summed E-state index contributed by atoms with van der Waals surface area (Å²) >= 11 is 0. The SMILES string of the molecule is O=C(O)CCC1CCCC(C(F)(F)F)C1. The molecule has 1 aliphatic rings. The number of halogens is 3. The summed E-state index contributed by atoms with van der Waals surface area (Å²) in [5.74, 6) is -2.21. The van der Waals surface area contributed by atoms with E-state index in [1.54, 1.807) is 0 Å². The molecule has 0 spiro atoms. The van der Waals surface area contributed by atoms with Gasteiger partial charge in [0.05, 0.1) is 5.92 Å². The van der Waals surface area contributed by atoms with Gasteiger partial charge in [-0.1, -0.05) is 12.8 Å². The van der Waals surface area contributed by atoms with Gasteiger partial charge in [0, 0.05) is 6.42 Å². The first-order valence-corrected chi connectivity index (χ1v) is 5.18. The lowest BCUT2D eigenvalue weighted by atomic mass is 9.79. The van der Waals surface area contributed by atoms with Crippen molar-refractivity contribution in [3.63, 3.8) is 0 Å². The Kier molecular flexibility index (Phi) is 3.99. The molecule has 1 fully saturated rings. The lowest BCUT2D eigenvalue weighted by molar-refractivity contribution is -0.185. The second-order valence-corrected chi connectivity index (χ2v) is 4.20. The van der Waals surface area contributed by atoms with Gasteiger partial charge in [-0.3, -0.25) is 4.79 Å². The Labute approximate surface area is 86.5 Å². The number of hydrogen-bond acceptors (Lipinski definition) is 1. The zero-order valence-corrected chi connectivity index (χ0v) is 8.39. The van der Waals surface area contributed by atoms with Gasteiger partial charge < -0.3 is 5.11 Å².